The summed E-state index contributed by atoms with van der Waals surface area (Å²) in [5.41, 5.74) is 2.09. The third-order valence-corrected chi connectivity index (χ3v) is 7.23. The first-order valence-electron chi connectivity index (χ1n) is 7.41. The summed E-state index contributed by atoms with van der Waals surface area (Å²) < 4.78 is 0. The van der Waals surface area contributed by atoms with Crippen LogP contribution in [0.3, 0.4) is 0 Å². The second-order valence-electron chi connectivity index (χ2n) is 6.02. The van der Waals surface area contributed by atoms with Crippen LogP contribution < -0.4 is 5.32 Å². The monoisotopic (exact) mass is 428 g/mol. The van der Waals surface area contributed by atoms with Crippen molar-refractivity contribution in [3.8, 4) is 0 Å². The Kier molecular flexibility index (Phi) is 4.59. The van der Waals surface area contributed by atoms with Crippen LogP contribution in [0.5, 0.6) is 0 Å². The maximum Gasteiger partial charge on any atom is 0.234 e. The number of halogens is 2. The van der Waals surface area contributed by atoms with E-state index < -0.39 is 0 Å². The van der Waals surface area contributed by atoms with Gasteiger partial charge in [-0.2, -0.15) is 0 Å². The van der Waals surface area contributed by atoms with E-state index >= 15 is 0 Å². The molecule has 2 aliphatic rings. The maximum atomic E-state index is 12.5. The Bertz CT molecular complexity index is 562. The minimum Gasteiger partial charge on any atom is -0.367 e. The lowest BCUT2D eigenvalue weighted by Gasteiger charge is -2.29. The van der Waals surface area contributed by atoms with Gasteiger partial charge in [0.1, 0.15) is 0 Å². The van der Waals surface area contributed by atoms with Crippen LogP contribution in [0.2, 0.25) is 0 Å². The van der Waals surface area contributed by atoms with Crippen molar-refractivity contribution in [3.63, 3.8) is 0 Å². The number of nitrogens with one attached hydrogen (secondary N) is 1. The zero-order valence-electron chi connectivity index (χ0n) is 12.3. The molecule has 1 N–H and O–H groups in total. The van der Waals surface area contributed by atoms with Crippen molar-refractivity contribution in [1.82, 2.24) is 4.90 Å². The third-order valence-electron chi connectivity index (χ3n) is 4.50. The van der Waals surface area contributed by atoms with E-state index in [4.69, 9.17) is 0 Å². The van der Waals surface area contributed by atoms with Crippen LogP contribution in [-0.4, -0.2) is 33.0 Å². The summed E-state index contributed by atoms with van der Waals surface area (Å²) >= 11 is 7.19. The molecule has 3 rings (SSSR count). The van der Waals surface area contributed by atoms with E-state index in [1.165, 1.54) is 10.5 Å². The number of benzene rings is 1. The SMILES string of the molecule is Cc1ccc(NCN2C(=O)[C@@H]3C[C@H](Br)[C@@H](Br)C[C@H]3C2=O)cc1. The predicted octanol–water partition coefficient (Wildman–Crippen LogP) is 3.29. The number of carbonyl (C=O) groups is 2. The summed E-state index contributed by atoms with van der Waals surface area (Å²) in [6.45, 7) is 2.27. The number of imide groups is 1. The molecule has 1 aromatic carbocycles. The topological polar surface area (TPSA) is 49.4 Å². The lowest BCUT2D eigenvalue weighted by molar-refractivity contribution is -0.139. The van der Waals surface area contributed by atoms with Crippen LogP contribution in [0.15, 0.2) is 24.3 Å². The maximum absolute atomic E-state index is 12.5. The summed E-state index contributed by atoms with van der Waals surface area (Å²) in [7, 11) is 0. The lowest BCUT2D eigenvalue weighted by Crippen LogP contribution is -2.35. The molecule has 4 atom stereocenters. The standard InChI is InChI=1S/C16H18Br2N2O2/c1-9-2-4-10(5-3-9)19-8-20-15(21)11-6-13(17)14(18)7-12(11)16(20)22/h2-5,11-14,19H,6-8H2,1H3/t11-,12-,13+,14+/m1/s1. The molecular weight excluding hydrogens is 412 g/mol. The van der Waals surface area contributed by atoms with Gasteiger partial charge < -0.3 is 5.32 Å². The highest BCUT2D eigenvalue weighted by atomic mass is 79.9. The van der Waals surface area contributed by atoms with Gasteiger partial charge in [-0.15, -0.1) is 0 Å². The van der Waals surface area contributed by atoms with Gasteiger partial charge in [0.15, 0.2) is 0 Å². The highest BCUT2D eigenvalue weighted by Gasteiger charge is 2.51. The molecule has 0 bridgehead atoms. The smallest absolute Gasteiger partial charge is 0.234 e. The Morgan fingerprint density at radius 2 is 1.55 bits per heavy atom. The number of hydrogen-bond acceptors (Lipinski definition) is 3. The number of alkyl halides is 2. The number of likely N-dealkylation sites (tertiary alicyclic amines) is 1. The highest BCUT2D eigenvalue weighted by molar-refractivity contribution is 9.12. The third kappa shape index (κ3) is 2.95. The number of aryl methyl sites for hydroxylation is 1. The Morgan fingerprint density at radius 1 is 1.05 bits per heavy atom. The minimum absolute atomic E-state index is 0.0431. The van der Waals surface area contributed by atoms with Crippen LogP contribution in [-0.2, 0) is 9.59 Å². The average molecular weight is 430 g/mol. The summed E-state index contributed by atoms with van der Waals surface area (Å²) in [6.07, 6.45) is 1.43. The summed E-state index contributed by atoms with van der Waals surface area (Å²) in [6, 6.07) is 7.91. The van der Waals surface area contributed by atoms with Gasteiger partial charge in [0.05, 0.1) is 18.5 Å². The molecule has 0 aromatic heterocycles. The molecule has 2 fully saturated rings. The molecule has 2 amide bonds. The first-order valence-corrected chi connectivity index (χ1v) is 9.24. The number of amides is 2. The number of carbonyl (C=O) groups excluding carboxylic acids is 2. The van der Waals surface area contributed by atoms with Gasteiger partial charge in [0.25, 0.3) is 0 Å². The van der Waals surface area contributed by atoms with Gasteiger partial charge in [-0.3, -0.25) is 14.5 Å². The van der Waals surface area contributed by atoms with E-state index in [-0.39, 0.29) is 40.0 Å². The number of fused-ring (bicyclic) bond motifs is 1. The normalized spacial score (nSPS) is 31.3. The lowest BCUT2D eigenvalue weighted by atomic mass is 9.81. The van der Waals surface area contributed by atoms with Crippen molar-refractivity contribution < 1.29 is 9.59 Å². The molecule has 1 aliphatic carbocycles. The Balaban J connectivity index is 1.68. The zero-order valence-corrected chi connectivity index (χ0v) is 15.4. The fourth-order valence-corrected chi connectivity index (χ4v) is 4.40. The molecule has 0 unspecified atom stereocenters. The molecule has 1 saturated heterocycles. The van der Waals surface area contributed by atoms with Gasteiger partial charge in [0, 0.05) is 15.3 Å². The molecule has 1 aromatic rings. The van der Waals surface area contributed by atoms with Crippen molar-refractivity contribution in [2.24, 2.45) is 11.8 Å². The number of rotatable bonds is 3. The van der Waals surface area contributed by atoms with Crippen LogP contribution in [0.1, 0.15) is 18.4 Å². The summed E-state index contributed by atoms with van der Waals surface area (Å²) in [5.74, 6) is -0.437. The van der Waals surface area contributed by atoms with Crippen LogP contribution in [0, 0.1) is 18.8 Å². The van der Waals surface area contributed by atoms with Crippen molar-refractivity contribution in [2.75, 3.05) is 12.0 Å². The molecule has 1 heterocycles. The van der Waals surface area contributed by atoms with Crippen molar-refractivity contribution >= 4 is 49.4 Å². The van der Waals surface area contributed by atoms with Crippen molar-refractivity contribution in [2.45, 2.75) is 29.4 Å². The number of hydrogen-bond donors (Lipinski definition) is 1. The van der Waals surface area contributed by atoms with E-state index in [2.05, 4.69) is 37.2 Å². The van der Waals surface area contributed by atoms with Crippen LogP contribution >= 0.6 is 31.9 Å². The predicted molar refractivity (Wildman–Crippen MR) is 93.2 cm³/mol. The van der Waals surface area contributed by atoms with Crippen LogP contribution in [0.4, 0.5) is 5.69 Å². The quantitative estimate of drug-likeness (QED) is 0.592. The molecule has 0 radical (unpaired) electrons. The zero-order chi connectivity index (χ0) is 15.9. The highest BCUT2D eigenvalue weighted by Crippen LogP contribution is 2.43. The second-order valence-corrected chi connectivity index (χ2v) is 8.37. The molecule has 22 heavy (non-hydrogen) atoms. The molecule has 1 aliphatic heterocycles. The van der Waals surface area contributed by atoms with E-state index in [1.807, 2.05) is 31.2 Å². The first kappa shape index (κ1) is 16.0. The Morgan fingerprint density at radius 3 is 2.05 bits per heavy atom. The number of anilines is 1. The second kappa shape index (κ2) is 6.32. The minimum atomic E-state index is -0.175. The van der Waals surface area contributed by atoms with E-state index in [9.17, 15) is 9.59 Å². The number of nitrogens with zero attached hydrogens (tertiary/aromatic N) is 1. The van der Waals surface area contributed by atoms with Gasteiger partial charge in [-0.25, -0.2) is 0 Å². The molecule has 4 nitrogen and oxygen atoms in total. The van der Waals surface area contributed by atoms with Crippen molar-refractivity contribution in [3.05, 3.63) is 29.8 Å². The van der Waals surface area contributed by atoms with Crippen LogP contribution in [0.25, 0.3) is 0 Å². The molecule has 0 spiro atoms. The van der Waals surface area contributed by atoms with Gasteiger partial charge in [-0.1, -0.05) is 49.6 Å². The first-order chi connectivity index (χ1) is 10.5. The largest absolute Gasteiger partial charge is 0.367 e. The summed E-state index contributed by atoms with van der Waals surface area (Å²) in [5, 5.41) is 3.17. The average Bonchev–Trinajstić information content (AvgIpc) is 2.71. The fraction of sp³-hybridized carbons (Fsp3) is 0.500. The Hall–Kier alpha value is -0.880. The molecular formula is C16H18Br2N2O2. The molecule has 118 valence electrons. The van der Waals surface area contributed by atoms with E-state index in [0.717, 1.165) is 5.69 Å². The molecule has 6 heteroatoms. The van der Waals surface area contributed by atoms with Gasteiger partial charge in [0.2, 0.25) is 11.8 Å². The fourth-order valence-electron chi connectivity index (χ4n) is 3.16. The van der Waals surface area contributed by atoms with E-state index in [0.29, 0.717) is 12.8 Å². The van der Waals surface area contributed by atoms with Crippen molar-refractivity contribution in [1.29, 1.82) is 0 Å². The van der Waals surface area contributed by atoms with Gasteiger partial charge in [-0.05, 0) is 31.9 Å². The molecule has 1 saturated carbocycles. The van der Waals surface area contributed by atoms with E-state index in [1.54, 1.807) is 0 Å². The van der Waals surface area contributed by atoms with Gasteiger partial charge >= 0.3 is 0 Å². The summed E-state index contributed by atoms with van der Waals surface area (Å²) in [4.78, 5) is 26.9. The Labute approximate surface area is 146 Å².